The minimum atomic E-state index is -0.764. The number of esters is 1. The van der Waals surface area contributed by atoms with Crippen LogP contribution < -0.4 is 0 Å². The van der Waals surface area contributed by atoms with Gasteiger partial charge in [-0.25, -0.2) is 0 Å². The molecule has 0 aromatic heterocycles. The van der Waals surface area contributed by atoms with Crippen LogP contribution in [-0.4, -0.2) is 18.4 Å². The van der Waals surface area contributed by atoms with E-state index in [1.807, 2.05) is 30.3 Å². The van der Waals surface area contributed by atoms with Crippen LogP contribution in [0.25, 0.3) is 0 Å². The molecule has 0 saturated carbocycles. The fraction of sp³-hybridized carbons (Fsp3) is 0.375. The number of benzene rings is 1. The monoisotopic (exact) mass is 260 g/mol. The summed E-state index contributed by atoms with van der Waals surface area (Å²) in [6.45, 7) is 7.15. The summed E-state index contributed by atoms with van der Waals surface area (Å²) in [7, 11) is 0. The maximum Gasteiger partial charge on any atom is 0.317 e. The van der Waals surface area contributed by atoms with Gasteiger partial charge in [-0.15, -0.1) is 6.58 Å². The summed E-state index contributed by atoms with van der Waals surface area (Å²) in [6, 6.07) is 9.54. The SMILES string of the molecule is C=CCC(c1ccccc1)C(C(C)=O)C(=O)OCC. The number of ketones is 1. The molecule has 2 atom stereocenters. The van der Waals surface area contributed by atoms with Gasteiger partial charge in [0, 0.05) is 5.92 Å². The van der Waals surface area contributed by atoms with E-state index >= 15 is 0 Å². The van der Waals surface area contributed by atoms with E-state index in [-0.39, 0.29) is 18.3 Å². The zero-order valence-corrected chi connectivity index (χ0v) is 11.5. The van der Waals surface area contributed by atoms with Crippen LogP contribution in [0.2, 0.25) is 0 Å². The maximum atomic E-state index is 12.0. The molecule has 0 bridgehead atoms. The van der Waals surface area contributed by atoms with Crippen molar-refractivity contribution in [1.82, 2.24) is 0 Å². The molecular formula is C16H20O3. The van der Waals surface area contributed by atoms with Gasteiger partial charge in [0.25, 0.3) is 0 Å². The number of allylic oxidation sites excluding steroid dienone is 1. The van der Waals surface area contributed by atoms with Crippen LogP contribution in [0.4, 0.5) is 0 Å². The van der Waals surface area contributed by atoms with Gasteiger partial charge in [0.2, 0.25) is 0 Å². The Kier molecular flexibility index (Phi) is 6.00. The van der Waals surface area contributed by atoms with E-state index in [1.165, 1.54) is 6.92 Å². The van der Waals surface area contributed by atoms with Gasteiger partial charge in [-0.3, -0.25) is 9.59 Å². The first-order valence-corrected chi connectivity index (χ1v) is 6.44. The smallest absolute Gasteiger partial charge is 0.317 e. The molecule has 0 radical (unpaired) electrons. The summed E-state index contributed by atoms with van der Waals surface area (Å²) >= 11 is 0. The lowest BCUT2D eigenvalue weighted by atomic mass is 9.81. The van der Waals surface area contributed by atoms with E-state index in [2.05, 4.69) is 6.58 Å². The second kappa shape index (κ2) is 7.52. The number of rotatable bonds is 7. The molecule has 0 heterocycles. The van der Waals surface area contributed by atoms with Crippen molar-refractivity contribution in [3.63, 3.8) is 0 Å². The van der Waals surface area contributed by atoms with Crippen LogP contribution in [-0.2, 0) is 14.3 Å². The molecule has 1 rings (SSSR count). The number of Topliss-reactive ketones (excluding diaryl/α,β-unsaturated/α-hetero) is 1. The standard InChI is InChI=1S/C16H20O3/c1-4-9-14(13-10-7-6-8-11-13)15(12(3)17)16(18)19-5-2/h4,6-8,10-11,14-15H,1,5,9H2,2-3H3. The Bertz CT molecular complexity index is 437. The average Bonchev–Trinajstić information content (AvgIpc) is 2.39. The van der Waals surface area contributed by atoms with Crippen molar-refractivity contribution in [3.05, 3.63) is 48.6 Å². The van der Waals surface area contributed by atoms with Gasteiger partial charge < -0.3 is 4.74 Å². The maximum absolute atomic E-state index is 12.0. The molecule has 0 aliphatic heterocycles. The summed E-state index contributed by atoms with van der Waals surface area (Å²) in [6.07, 6.45) is 2.29. The zero-order chi connectivity index (χ0) is 14.3. The Morgan fingerprint density at radius 2 is 1.95 bits per heavy atom. The Hall–Kier alpha value is -1.90. The Balaban J connectivity index is 3.09. The van der Waals surface area contributed by atoms with Gasteiger partial charge in [0.05, 0.1) is 6.61 Å². The first kappa shape index (κ1) is 15.2. The van der Waals surface area contributed by atoms with Crippen molar-refractivity contribution in [2.24, 2.45) is 5.92 Å². The summed E-state index contributed by atoms with van der Waals surface area (Å²) in [5.74, 6) is -1.60. The first-order valence-electron chi connectivity index (χ1n) is 6.44. The van der Waals surface area contributed by atoms with Crippen LogP contribution >= 0.6 is 0 Å². The molecule has 1 aromatic carbocycles. The molecule has 0 fully saturated rings. The van der Waals surface area contributed by atoms with Gasteiger partial charge in [0.15, 0.2) is 0 Å². The van der Waals surface area contributed by atoms with Crippen LogP contribution in [0.3, 0.4) is 0 Å². The number of hydrogen-bond donors (Lipinski definition) is 0. The lowest BCUT2D eigenvalue weighted by Gasteiger charge is -2.23. The van der Waals surface area contributed by atoms with E-state index in [0.29, 0.717) is 6.42 Å². The third-order valence-corrected chi connectivity index (χ3v) is 3.03. The molecule has 2 unspecified atom stereocenters. The highest BCUT2D eigenvalue weighted by Gasteiger charge is 2.33. The topological polar surface area (TPSA) is 43.4 Å². The second-order valence-electron chi connectivity index (χ2n) is 4.38. The van der Waals surface area contributed by atoms with Crippen molar-refractivity contribution in [3.8, 4) is 0 Å². The van der Waals surface area contributed by atoms with Gasteiger partial charge >= 0.3 is 5.97 Å². The third-order valence-electron chi connectivity index (χ3n) is 3.03. The van der Waals surface area contributed by atoms with Crippen LogP contribution in [0.15, 0.2) is 43.0 Å². The highest BCUT2D eigenvalue weighted by atomic mass is 16.5. The molecule has 3 heteroatoms. The summed E-state index contributed by atoms with van der Waals surface area (Å²) in [5, 5.41) is 0. The first-order chi connectivity index (χ1) is 9.11. The number of hydrogen-bond acceptors (Lipinski definition) is 3. The fourth-order valence-corrected chi connectivity index (χ4v) is 2.19. The van der Waals surface area contributed by atoms with Gasteiger partial charge in [-0.2, -0.15) is 0 Å². The van der Waals surface area contributed by atoms with Crippen LogP contribution in [0.5, 0.6) is 0 Å². The zero-order valence-electron chi connectivity index (χ0n) is 11.5. The van der Waals surface area contributed by atoms with Crippen molar-refractivity contribution < 1.29 is 14.3 Å². The average molecular weight is 260 g/mol. The Morgan fingerprint density at radius 3 is 2.42 bits per heavy atom. The fourth-order valence-electron chi connectivity index (χ4n) is 2.19. The molecule has 0 aliphatic carbocycles. The highest BCUT2D eigenvalue weighted by molar-refractivity contribution is 5.98. The number of ether oxygens (including phenoxy) is 1. The summed E-state index contributed by atoms with van der Waals surface area (Å²) < 4.78 is 5.02. The largest absolute Gasteiger partial charge is 0.465 e. The number of carbonyl (C=O) groups excluding carboxylic acids is 2. The van der Waals surface area contributed by atoms with E-state index in [9.17, 15) is 9.59 Å². The van der Waals surface area contributed by atoms with Gasteiger partial charge in [-0.05, 0) is 25.8 Å². The quantitative estimate of drug-likeness (QED) is 0.430. The molecule has 19 heavy (non-hydrogen) atoms. The second-order valence-corrected chi connectivity index (χ2v) is 4.38. The van der Waals surface area contributed by atoms with Gasteiger partial charge in [0.1, 0.15) is 11.7 Å². The normalized spacial score (nSPS) is 13.4. The predicted octanol–water partition coefficient (Wildman–Crippen LogP) is 3.11. The van der Waals surface area contributed by atoms with Crippen molar-refractivity contribution in [2.75, 3.05) is 6.61 Å². The molecule has 102 valence electrons. The van der Waals surface area contributed by atoms with E-state index < -0.39 is 11.9 Å². The Labute approximate surface area is 114 Å². The van der Waals surface area contributed by atoms with Crippen LogP contribution in [0, 0.1) is 5.92 Å². The van der Waals surface area contributed by atoms with Crippen molar-refractivity contribution in [2.45, 2.75) is 26.2 Å². The van der Waals surface area contributed by atoms with E-state index in [1.54, 1.807) is 13.0 Å². The lowest BCUT2D eigenvalue weighted by molar-refractivity contribution is -0.152. The molecule has 0 spiro atoms. The third kappa shape index (κ3) is 4.05. The van der Waals surface area contributed by atoms with E-state index in [0.717, 1.165) is 5.56 Å². The van der Waals surface area contributed by atoms with E-state index in [4.69, 9.17) is 4.74 Å². The molecule has 0 amide bonds. The van der Waals surface area contributed by atoms with Gasteiger partial charge in [-0.1, -0.05) is 36.4 Å². The minimum absolute atomic E-state index is 0.172. The molecule has 0 saturated heterocycles. The molecule has 0 N–H and O–H groups in total. The summed E-state index contributed by atoms with van der Waals surface area (Å²) in [5.41, 5.74) is 0.954. The summed E-state index contributed by atoms with van der Waals surface area (Å²) in [4.78, 5) is 23.8. The number of carbonyl (C=O) groups is 2. The van der Waals surface area contributed by atoms with Crippen molar-refractivity contribution >= 4 is 11.8 Å². The van der Waals surface area contributed by atoms with Crippen LogP contribution in [0.1, 0.15) is 31.7 Å². The molecule has 0 aliphatic rings. The molecule has 3 nitrogen and oxygen atoms in total. The highest BCUT2D eigenvalue weighted by Crippen LogP contribution is 2.30. The molecule has 1 aromatic rings. The molecular weight excluding hydrogens is 240 g/mol. The lowest BCUT2D eigenvalue weighted by Crippen LogP contribution is -2.30. The predicted molar refractivity (Wildman–Crippen MR) is 74.8 cm³/mol. The Morgan fingerprint density at radius 1 is 1.32 bits per heavy atom. The van der Waals surface area contributed by atoms with Crippen molar-refractivity contribution in [1.29, 1.82) is 0 Å². The minimum Gasteiger partial charge on any atom is -0.465 e.